The van der Waals surface area contributed by atoms with Crippen LogP contribution in [0.5, 0.6) is 5.75 Å². The first kappa shape index (κ1) is 13.7. The van der Waals surface area contributed by atoms with Crippen LogP contribution in [-0.2, 0) is 6.54 Å². The minimum atomic E-state index is 0.437. The van der Waals surface area contributed by atoms with Crippen molar-refractivity contribution in [2.45, 2.75) is 26.3 Å². The molecule has 0 saturated heterocycles. The van der Waals surface area contributed by atoms with Gasteiger partial charge in [-0.25, -0.2) is 9.55 Å². The van der Waals surface area contributed by atoms with E-state index in [0.29, 0.717) is 5.92 Å². The summed E-state index contributed by atoms with van der Waals surface area (Å²) in [6.07, 6.45) is 0. The fourth-order valence-corrected chi connectivity index (χ4v) is 2.78. The number of nitrogens with one attached hydrogen (secondary N) is 1. The average Bonchev–Trinajstić information content (AvgIpc) is 2.87. The van der Waals surface area contributed by atoms with Gasteiger partial charge in [-0.05, 0) is 18.2 Å². The molecular weight excluding hydrogens is 260 g/mol. The lowest BCUT2D eigenvalue weighted by Crippen LogP contribution is -2.38. The summed E-state index contributed by atoms with van der Waals surface area (Å²) in [6.45, 7) is 5.23. The zero-order valence-corrected chi connectivity index (χ0v) is 12.8. The van der Waals surface area contributed by atoms with Crippen LogP contribution in [0.4, 0.5) is 0 Å². The topological polar surface area (TPSA) is 28.9 Å². The van der Waals surface area contributed by atoms with Gasteiger partial charge in [0.2, 0.25) is 0 Å². The van der Waals surface area contributed by atoms with Crippen molar-refractivity contribution in [2.24, 2.45) is 0 Å². The van der Waals surface area contributed by atoms with E-state index >= 15 is 0 Å². The maximum absolute atomic E-state index is 5.48. The second-order valence-corrected chi connectivity index (χ2v) is 5.58. The quantitative estimate of drug-likeness (QED) is 0.727. The number of para-hydroxylation sites is 3. The van der Waals surface area contributed by atoms with Crippen molar-refractivity contribution in [3.05, 3.63) is 59.9 Å². The molecule has 1 aromatic heterocycles. The third-order valence-corrected chi connectivity index (χ3v) is 3.82. The molecule has 0 unspecified atom stereocenters. The lowest BCUT2D eigenvalue weighted by atomic mass is 10.1. The molecule has 0 aliphatic carbocycles. The van der Waals surface area contributed by atoms with Gasteiger partial charge in [0.25, 0.3) is 5.82 Å². The first-order chi connectivity index (χ1) is 10.2. The van der Waals surface area contributed by atoms with Crippen molar-refractivity contribution in [1.82, 2.24) is 4.98 Å². The van der Waals surface area contributed by atoms with Crippen LogP contribution in [-0.4, -0.2) is 12.1 Å². The SMILES string of the molecule is COc1ccccc1C[n+]1c(C(C)C)[nH]c2ccccc21. The summed E-state index contributed by atoms with van der Waals surface area (Å²) in [5.41, 5.74) is 3.60. The number of benzene rings is 2. The zero-order chi connectivity index (χ0) is 14.8. The predicted octanol–water partition coefficient (Wildman–Crippen LogP) is 3.64. The molecule has 0 radical (unpaired) electrons. The largest absolute Gasteiger partial charge is 0.496 e. The van der Waals surface area contributed by atoms with Gasteiger partial charge in [0.1, 0.15) is 12.3 Å². The molecule has 0 aliphatic heterocycles. The summed E-state index contributed by atoms with van der Waals surface area (Å²) >= 11 is 0. The third kappa shape index (κ3) is 2.51. The molecule has 0 atom stereocenters. The Balaban J connectivity index is 2.13. The van der Waals surface area contributed by atoms with E-state index in [1.165, 1.54) is 22.4 Å². The van der Waals surface area contributed by atoms with Crippen molar-refractivity contribution in [1.29, 1.82) is 0 Å². The van der Waals surface area contributed by atoms with Gasteiger partial charge in [-0.1, -0.05) is 44.2 Å². The monoisotopic (exact) mass is 281 g/mol. The third-order valence-electron chi connectivity index (χ3n) is 3.82. The second-order valence-electron chi connectivity index (χ2n) is 5.58. The van der Waals surface area contributed by atoms with Gasteiger partial charge < -0.3 is 4.74 Å². The van der Waals surface area contributed by atoms with Gasteiger partial charge in [0, 0.05) is 5.56 Å². The highest BCUT2D eigenvalue weighted by Crippen LogP contribution is 2.20. The molecule has 108 valence electrons. The van der Waals surface area contributed by atoms with Gasteiger partial charge in [0.05, 0.1) is 13.0 Å². The summed E-state index contributed by atoms with van der Waals surface area (Å²) in [4.78, 5) is 3.54. The van der Waals surface area contributed by atoms with Gasteiger partial charge >= 0.3 is 0 Å². The highest BCUT2D eigenvalue weighted by atomic mass is 16.5. The Hall–Kier alpha value is -2.29. The summed E-state index contributed by atoms with van der Waals surface area (Å²) in [6, 6.07) is 16.6. The van der Waals surface area contributed by atoms with Crippen LogP contribution in [0.3, 0.4) is 0 Å². The van der Waals surface area contributed by atoms with E-state index in [1.807, 2.05) is 12.1 Å². The predicted molar refractivity (Wildman–Crippen MR) is 84.7 cm³/mol. The fourth-order valence-electron chi connectivity index (χ4n) is 2.78. The van der Waals surface area contributed by atoms with Crippen molar-refractivity contribution >= 4 is 11.0 Å². The number of rotatable bonds is 4. The molecular formula is C18H21N2O+. The average molecular weight is 281 g/mol. The van der Waals surface area contributed by atoms with Gasteiger partial charge in [-0.15, -0.1) is 0 Å². The minimum absolute atomic E-state index is 0.437. The van der Waals surface area contributed by atoms with Crippen molar-refractivity contribution in [3.63, 3.8) is 0 Å². The molecule has 2 aromatic carbocycles. The van der Waals surface area contributed by atoms with E-state index in [-0.39, 0.29) is 0 Å². The zero-order valence-electron chi connectivity index (χ0n) is 12.8. The van der Waals surface area contributed by atoms with Crippen LogP contribution < -0.4 is 9.30 Å². The number of fused-ring (bicyclic) bond motifs is 1. The normalized spacial score (nSPS) is 11.2. The van der Waals surface area contributed by atoms with E-state index in [0.717, 1.165) is 12.3 Å². The van der Waals surface area contributed by atoms with E-state index in [9.17, 15) is 0 Å². The number of hydrogen-bond acceptors (Lipinski definition) is 1. The maximum Gasteiger partial charge on any atom is 0.258 e. The standard InChI is InChI=1S/C18H20N2O/c1-13(2)18-19-15-9-5-6-10-16(15)20(18)12-14-8-4-7-11-17(14)21-3/h4-11,13H,12H2,1-3H3/p+1. The van der Waals surface area contributed by atoms with E-state index < -0.39 is 0 Å². The molecule has 21 heavy (non-hydrogen) atoms. The molecule has 3 heteroatoms. The second kappa shape index (κ2) is 5.60. The first-order valence-corrected chi connectivity index (χ1v) is 7.33. The van der Waals surface area contributed by atoms with E-state index in [4.69, 9.17) is 4.74 Å². The van der Waals surface area contributed by atoms with Crippen molar-refractivity contribution in [3.8, 4) is 5.75 Å². The fraction of sp³-hybridized carbons (Fsp3) is 0.278. The lowest BCUT2D eigenvalue weighted by molar-refractivity contribution is -0.671. The lowest BCUT2D eigenvalue weighted by Gasteiger charge is -2.08. The van der Waals surface area contributed by atoms with E-state index in [2.05, 4.69) is 59.8 Å². The maximum atomic E-state index is 5.48. The number of imidazole rings is 1. The van der Waals surface area contributed by atoms with Crippen LogP contribution in [0.1, 0.15) is 31.2 Å². The molecule has 1 heterocycles. The minimum Gasteiger partial charge on any atom is -0.496 e. The Morgan fingerprint density at radius 3 is 2.52 bits per heavy atom. The number of hydrogen-bond donors (Lipinski definition) is 1. The molecule has 0 aliphatic rings. The summed E-state index contributed by atoms with van der Waals surface area (Å²) in [5.74, 6) is 2.61. The Morgan fingerprint density at radius 2 is 1.76 bits per heavy atom. The van der Waals surface area contributed by atoms with E-state index in [1.54, 1.807) is 7.11 Å². The number of nitrogens with zero attached hydrogens (tertiary/aromatic N) is 1. The summed E-state index contributed by atoms with van der Waals surface area (Å²) in [5, 5.41) is 0. The Bertz CT molecular complexity index is 759. The highest BCUT2D eigenvalue weighted by molar-refractivity contribution is 5.71. The molecule has 0 amide bonds. The van der Waals surface area contributed by atoms with Crippen LogP contribution in [0.2, 0.25) is 0 Å². The molecule has 0 bridgehead atoms. The molecule has 1 N–H and O–H groups in total. The summed E-state index contributed by atoms with van der Waals surface area (Å²) in [7, 11) is 1.72. The molecule has 3 rings (SSSR count). The number of ether oxygens (including phenoxy) is 1. The highest BCUT2D eigenvalue weighted by Gasteiger charge is 2.21. The first-order valence-electron chi connectivity index (χ1n) is 7.33. The molecule has 3 aromatic rings. The molecule has 3 nitrogen and oxygen atoms in total. The number of H-pyrrole nitrogens is 1. The van der Waals surface area contributed by atoms with Crippen LogP contribution in [0.25, 0.3) is 11.0 Å². The van der Waals surface area contributed by atoms with Gasteiger partial charge in [-0.3, -0.25) is 0 Å². The van der Waals surface area contributed by atoms with Crippen molar-refractivity contribution < 1.29 is 9.30 Å². The number of aromatic amines is 1. The van der Waals surface area contributed by atoms with Crippen LogP contribution in [0.15, 0.2) is 48.5 Å². The van der Waals surface area contributed by atoms with Gasteiger partial charge in [0.15, 0.2) is 11.0 Å². The van der Waals surface area contributed by atoms with Crippen LogP contribution in [0, 0.1) is 0 Å². The van der Waals surface area contributed by atoms with Crippen molar-refractivity contribution in [2.75, 3.05) is 7.11 Å². The smallest absolute Gasteiger partial charge is 0.258 e. The van der Waals surface area contributed by atoms with Crippen LogP contribution >= 0.6 is 0 Å². The molecule has 0 saturated carbocycles. The molecule has 0 spiro atoms. The number of methoxy groups -OCH3 is 1. The number of aromatic nitrogens is 2. The Labute approximate surface area is 125 Å². The molecule has 0 fully saturated rings. The summed E-state index contributed by atoms with van der Waals surface area (Å²) < 4.78 is 7.83. The van der Waals surface area contributed by atoms with Gasteiger partial charge in [-0.2, -0.15) is 0 Å². The Morgan fingerprint density at radius 1 is 1.05 bits per heavy atom. The Kier molecular flexibility index (Phi) is 3.65.